The molecule has 0 saturated heterocycles. The molecular formula is C45H86O6. The molecule has 0 fully saturated rings. The predicted molar refractivity (Wildman–Crippen MR) is 215 cm³/mol. The van der Waals surface area contributed by atoms with Gasteiger partial charge in [-0.05, 0) is 31.1 Å². The van der Waals surface area contributed by atoms with Gasteiger partial charge in [0.2, 0.25) is 0 Å². The molecule has 0 aromatic carbocycles. The number of rotatable bonds is 39. The maximum absolute atomic E-state index is 12.7. The van der Waals surface area contributed by atoms with Crippen molar-refractivity contribution >= 4 is 17.9 Å². The topological polar surface area (TPSA) is 78.9 Å². The summed E-state index contributed by atoms with van der Waals surface area (Å²) in [6.07, 6.45) is 35.2. The molecule has 6 nitrogen and oxygen atoms in total. The standard InChI is InChI=1S/C45H86O6/c1-6-7-8-9-10-11-12-13-20-25-30-35-43(46)49-38-42(51-45(48)37-32-27-22-17-15-19-24-29-34-41(4)5)39-50-44(47)36-31-26-21-16-14-18-23-28-33-40(2)3/h40-42H,6-39H2,1-5H3/t42-/m0/s1. The number of hydrogen-bond acceptors (Lipinski definition) is 6. The molecule has 0 heterocycles. The summed E-state index contributed by atoms with van der Waals surface area (Å²) in [6, 6.07) is 0. The number of carbonyl (C=O) groups is 3. The van der Waals surface area contributed by atoms with Crippen molar-refractivity contribution in [1.82, 2.24) is 0 Å². The van der Waals surface area contributed by atoms with E-state index >= 15 is 0 Å². The van der Waals surface area contributed by atoms with E-state index in [1.807, 2.05) is 0 Å². The molecule has 302 valence electrons. The SMILES string of the molecule is CCCCCCCCCCCCCC(=O)OC[C@@H](COC(=O)CCCCCCCCCCC(C)C)OC(=O)CCCCCCCCCCC(C)C. The van der Waals surface area contributed by atoms with E-state index in [-0.39, 0.29) is 31.1 Å². The van der Waals surface area contributed by atoms with E-state index in [1.165, 1.54) is 128 Å². The average Bonchev–Trinajstić information content (AvgIpc) is 3.09. The minimum Gasteiger partial charge on any atom is -0.462 e. The van der Waals surface area contributed by atoms with Gasteiger partial charge in [0, 0.05) is 19.3 Å². The van der Waals surface area contributed by atoms with Crippen molar-refractivity contribution in [3.8, 4) is 0 Å². The van der Waals surface area contributed by atoms with Gasteiger partial charge in [0.15, 0.2) is 6.10 Å². The molecule has 0 radical (unpaired) electrons. The zero-order valence-electron chi connectivity index (χ0n) is 34.7. The van der Waals surface area contributed by atoms with Gasteiger partial charge in [-0.2, -0.15) is 0 Å². The van der Waals surface area contributed by atoms with Crippen LogP contribution in [0, 0.1) is 11.8 Å². The third-order valence-electron chi connectivity index (χ3n) is 9.97. The molecule has 0 N–H and O–H groups in total. The lowest BCUT2D eigenvalue weighted by Crippen LogP contribution is -2.30. The first-order valence-corrected chi connectivity index (χ1v) is 22.2. The van der Waals surface area contributed by atoms with Gasteiger partial charge in [0.25, 0.3) is 0 Å². The van der Waals surface area contributed by atoms with Crippen LogP contribution in [-0.2, 0) is 28.6 Å². The summed E-state index contributed by atoms with van der Waals surface area (Å²) in [4.78, 5) is 37.6. The van der Waals surface area contributed by atoms with Gasteiger partial charge in [-0.15, -0.1) is 0 Å². The smallest absolute Gasteiger partial charge is 0.306 e. The Hall–Kier alpha value is -1.59. The van der Waals surface area contributed by atoms with E-state index in [0.29, 0.717) is 19.3 Å². The normalized spacial score (nSPS) is 12.1. The van der Waals surface area contributed by atoms with Crippen LogP contribution in [-0.4, -0.2) is 37.2 Å². The highest BCUT2D eigenvalue weighted by molar-refractivity contribution is 5.71. The highest BCUT2D eigenvalue weighted by atomic mass is 16.6. The molecule has 0 unspecified atom stereocenters. The van der Waals surface area contributed by atoms with Crippen molar-refractivity contribution in [3.63, 3.8) is 0 Å². The first kappa shape index (κ1) is 49.4. The maximum Gasteiger partial charge on any atom is 0.306 e. The van der Waals surface area contributed by atoms with Crippen LogP contribution in [0.4, 0.5) is 0 Å². The fraction of sp³-hybridized carbons (Fsp3) is 0.933. The van der Waals surface area contributed by atoms with Gasteiger partial charge in [-0.1, -0.05) is 202 Å². The lowest BCUT2D eigenvalue weighted by molar-refractivity contribution is -0.167. The minimum atomic E-state index is -0.760. The monoisotopic (exact) mass is 723 g/mol. The lowest BCUT2D eigenvalue weighted by atomic mass is 10.0. The van der Waals surface area contributed by atoms with Crippen molar-refractivity contribution in [2.45, 2.75) is 246 Å². The Morgan fingerprint density at radius 1 is 0.373 bits per heavy atom. The molecule has 0 spiro atoms. The van der Waals surface area contributed by atoms with Crippen molar-refractivity contribution < 1.29 is 28.6 Å². The minimum absolute atomic E-state index is 0.0656. The highest BCUT2D eigenvalue weighted by Gasteiger charge is 2.19. The number of carbonyl (C=O) groups excluding carboxylic acids is 3. The Bertz CT molecular complexity index is 779. The molecule has 0 amide bonds. The number of ether oxygens (including phenoxy) is 3. The Labute approximate surface area is 317 Å². The third-order valence-corrected chi connectivity index (χ3v) is 9.97. The van der Waals surface area contributed by atoms with Crippen LogP contribution in [0.3, 0.4) is 0 Å². The van der Waals surface area contributed by atoms with Crippen LogP contribution in [0.15, 0.2) is 0 Å². The molecule has 0 saturated carbocycles. The van der Waals surface area contributed by atoms with E-state index in [2.05, 4.69) is 34.6 Å². The number of hydrogen-bond donors (Lipinski definition) is 0. The zero-order valence-corrected chi connectivity index (χ0v) is 34.7. The molecule has 1 atom stereocenters. The number of unbranched alkanes of at least 4 members (excludes halogenated alkanes) is 24. The summed E-state index contributed by atoms with van der Waals surface area (Å²) >= 11 is 0. The third kappa shape index (κ3) is 39.5. The van der Waals surface area contributed by atoms with Crippen LogP contribution in [0.2, 0.25) is 0 Å². The fourth-order valence-corrected chi connectivity index (χ4v) is 6.58. The highest BCUT2D eigenvalue weighted by Crippen LogP contribution is 2.16. The second kappa shape index (κ2) is 38.1. The maximum atomic E-state index is 12.7. The van der Waals surface area contributed by atoms with Gasteiger partial charge < -0.3 is 14.2 Å². The largest absolute Gasteiger partial charge is 0.462 e. The zero-order chi connectivity index (χ0) is 37.6. The first-order valence-electron chi connectivity index (χ1n) is 22.2. The van der Waals surface area contributed by atoms with Crippen LogP contribution >= 0.6 is 0 Å². The van der Waals surface area contributed by atoms with E-state index in [9.17, 15) is 14.4 Å². The molecule has 0 aliphatic rings. The van der Waals surface area contributed by atoms with E-state index < -0.39 is 6.10 Å². The van der Waals surface area contributed by atoms with Crippen LogP contribution in [0.1, 0.15) is 240 Å². The molecule has 0 bridgehead atoms. The van der Waals surface area contributed by atoms with Crippen molar-refractivity contribution in [2.24, 2.45) is 11.8 Å². The molecule has 6 heteroatoms. The summed E-state index contributed by atoms with van der Waals surface area (Å²) in [5.74, 6) is 0.727. The van der Waals surface area contributed by atoms with Crippen molar-refractivity contribution in [2.75, 3.05) is 13.2 Å². The molecule has 0 aliphatic heterocycles. The average molecular weight is 723 g/mol. The summed E-state index contributed by atoms with van der Waals surface area (Å²) in [6.45, 7) is 11.3. The molecule has 0 aliphatic carbocycles. The van der Waals surface area contributed by atoms with Gasteiger partial charge >= 0.3 is 17.9 Å². The van der Waals surface area contributed by atoms with E-state index in [0.717, 1.165) is 69.6 Å². The molecule has 51 heavy (non-hydrogen) atoms. The van der Waals surface area contributed by atoms with Gasteiger partial charge in [-0.25, -0.2) is 0 Å². The van der Waals surface area contributed by atoms with Crippen LogP contribution in [0.5, 0.6) is 0 Å². The Morgan fingerprint density at radius 2 is 0.647 bits per heavy atom. The van der Waals surface area contributed by atoms with E-state index in [1.54, 1.807) is 0 Å². The molecule has 0 aromatic rings. The number of esters is 3. The predicted octanol–water partition coefficient (Wildman–Crippen LogP) is 13.8. The quantitative estimate of drug-likeness (QED) is 0.0357. The molecular weight excluding hydrogens is 636 g/mol. The van der Waals surface area contributed by atoms with Crippen LogP contribution in [0.25, 0.3) is 0 Å². The summed E-state index contributed by atoms with van der Waals surface area (Å²) in [7, 11) is 0. The fourth-order valence-electron chi connectivity index (χ4n) is 6.58. The van der Waals surface area contributed by atoms with Crippen LogP contribution < -0.4 is 0 Å². The summed E-state index contributed by atoms with van der Waals surface area (Å²) in [5.41, 5.74) is 0. The first-order chi connectivity index (χ1) is 24.7. The van der Waals surface area contributed by atoms with Gasteiger partial charge in [0.1, 0.15) is 13.2 Å². The summed E-state index contributed by atoms with van der Waals surface area (Å²) < 4.78 is 16.7. The van der Waals surface area contributed by atoms with Crippen molar-refractivity contribution in [1.29, 1.82) is 0 Å². The second-order valence-electron chi connectivity index (χ2n) is 16.3. The van der Waals surface area contributed by atoms with Crippen molar-refractivity contribution in [3.05, 3.63) is 0 Å². The Kier molecular flexibility index (Phi) is 37.0. The summed E-state index contributed by atoms with van der Waals surface area (Å²) in [5, 5.41) is 0. The van der Waals surface area contributed by atoms with Gasteiger partial charge in [-0.3, -0.25) is 14.4 Å². The Morgan fingerprint density at radius 3 is 0.961 bits per heavy atom. The molecule has 0 aromatic heterocycles. The Balaban J connectivity index is 4.35. The van der Waals surface area contributed by atoms with Gasteiger partial charge in [0.05, 0.1) is 0 Å². The molecule has 0 rings (SSSR count). The lowest BCUT2D eigenvalue weighted by Gasteiger charge is -2.18. The second-order valence-corrected chi connectivity index (χ2v) is 16.3. The van der Waals surface area contributed by atoms with E-state index in [4.69, 9.17) is 14.2 Å².